The van der Waals surface area contributed by atoms with Crippen molar-refractivity contribution in [1.82, 2.24) is 0 Å². The molecule has 0 rings (SSSR count). The summed E-state index contributed by atoms with van der Waals surface area (Å²) in [6.07, 6.45) is 0. The van der Waals surface area contributed by atoms with Gasteiger partial charge in [0.2, 0.25) is 0 Å². The van der Waals surface area contributed by atoms with Crippen molar-refractivity contribution in [2.45, 2.75) is 51.6 Å². The van der Waals surface area contributed by atoms with E-state index in [2.05, 4.69) is 46.6 Å². The first kappa shape index (κ1) is 13.3. The average Bonchev–Trinajstić information content (AvgIpc) is 1.79. The first-order chi connectivity index (χ1) is 5.64. The first-order valence-electron chi connectivity index (χ1n) is 4.87. The minimum Gasteiger partial charge on any atom is -0.0628 e. The molecule has 0 aliphatic rings. The highest BCUT2D eigenvalue weighted by atomic mass is 32.1. The standard InChI is InChI=1S/C10H22SSi2/c1-9(2,3)12-8(7-11)13-10(4,5)6/h12-13H2,1-6H3. The predicted octanol–water partition coefficient (Wildman–Crippen LogP) is 2.20. The van der Waals surface area contributed by atoms with Crippen molar-refractivity contribution in [2.75, 3.05) is 0 Å². The highest BCUT2D eigenvalue weighted by Gasteiger charge is 2.19. The van der Waals surface area contributed by atoms with E-state index in [1.165, 1.54) is 0 Å². The topological polar surface area (TPSA) is 0 Å². The van der Waals surface area contributed by atoms with Crippen LogP contribution in [0.3, 0.4) is 0 Å². The zero-order valence-electron chi connectivity index (χ0n) is 9.82. The molecule has 0 aromatic rings. The Labute approximate surface area is 92.8 Å². The minimum absolute atomic E-state index is 0.153. The SMILES string of the molecule is CC(C)(C)[SiH2]C(=C=S)[SiH2]C(C)(C)C. The van der Waals surface area contributed by atoms with Crippen LogP contribution in [0.15, 0.2) is 4.82 Å². The Kier molecular flexibility index (Phi) is 4.80. The molecule has 0 saturated carbocycles. The fraction of sp³-hybridized carbons (Fsp3) is 0.800. The zero-order valence-corrected chi connectivity index (χ0v) is 13.5. The summed E-state index contributed by atoms with van der Waals surface area (Å²) < 4.78 is 0. The van der Waals surface area contributed by atoms with Crippen LogP contribution in [-0.2, 0) is 0 Å². The van der Waals surface area contributed by atoms with E-state index in [-0.39, 0.29) is 19.0 Å². The summed E-state index contributed by atoms with van der Waals surface area (Å²) in [6, 6.07) is 0. The maximum atomic E-state index is 4.99. The molecular formula is C10H22SSi2. The summed E-state index contributed by atoms with van der Waals surface area (Å²) in [5.41, 5.74) is 0. The molecule has 0 N–H and O–H groups in total. The van der Waals surface area contributed by atoms with Gasteiger partial charge in [-0.1, -0.05) is 51.4 Å². The lowest BCUT2D eigenvalue weighted by Crippen LogP contribution is -2.21. The van der Waals surface area contributed by atoms with Crippen LogP contribution in [0.25, 0.3) is 0 Å². The second-order valence-corrected chi connectivity index (χ2v) is 14.0. The molecular weight excluding hydrogens is 208 g/mol. The fourth-order valence-electron chi connectivity index (χ4n) is 1.41. The molecule has 0 heterocycles. The molecule has 0 aromatic carbocycles. The Morgan fingerprint density at radius 1 is 0.923 bits per heavy atom. The van der Waals surface area contributed by atoms with E-state index < -0.39 is 0 Å². The van der Waals surface area contributed by atoms with Gasteiger partial charge in [0.15, 0.2) is 0 Å². The second-order valence-electron chi connectivity index (χ2n) is 6.18. The van der Waals surface area contributed by atoms with Crippen LogP contribution in [0.2, 0.25) is 10.1 Å². The van der Waals surface area contributed by atoms with Gasteiger partial charge in [0.1, 0.15) is 0 Å². The van der Waals surface area contributed by atoms with E-state index in [1.807, 2.05) is 0 Å². The van der Waals surface area contributed by atoms with Crippen molar-refractivity contribution in [2.24, 2.45) is 0 Å². The Morgan fingerprint density at radius 3 is 1.38 bits per heavy atom. The minimum atomic E-state index is -0.153. The third-order valence-electron chi connectivity index (χ3n) is 1.63. The third-order valence-corrected chi connectivity index (χ3v) is 7.26. The largest absolute Gasteiger partial charge is 0.0628 e. The van der Waals surface area contributed by atoms with Gasteiger partial charge in [-0.3, -0.25) is 0 Å². The third kappa shape index (κ3) is 8.63. The molecule has 0 atom stereocenters. The molecule has 0 spiro atoms. The van der Waals surface area contributed by atoms with Gasteiger partial charge in [-0.05, 0) is 22.3 Å². The van der Waals surface area contributed by atoms with E-state index in [9.17, 15) is 0 Å². The maximum Gasteiger partial charge on any atom is 0.0600 e. The van der Waals surface area contributed by atoms with Gasteiger partial charge >= 0.3 is 0 Å². The van der Waals surface area contributed by atoms with Crippen molar-refractivity contribution in [3.05, 3.63) is 4.82 Å². The van der Waals surface area contributed by atoms with Gasteiger partial charge in [-0.25, -0.2) is 0 Å². The van der Waals surface area contributed by atoms with E-state index in [0.717, 1.165) is 0 Å². The van der Waals surface area contributed by atoms with E-state index in [1.54, 1.807) is 4.82 Å². The van der Waals surface area contributed by atoms with Gasteiger partial charge < -0.3 is 0 Å². The molecule has 0 saturated heterocycles. The van der Waals surface area contributed by atoms with E-state index in [4.69, 9.17) is 12.2 Å². The Morgan fingerprint density at radius 2 is 1.23 bits per heavy atom. The highest BCUT2D eigenvalue weighted by Crippen LogP contribution is 2.27. The van der Waals surface area contributed by atoms with E-state index >= 15 is 0 Å². The lowest BCUT2D eigenvalue weighted by Gasteiger charge is -2.23. The van der Waals surface area contributed by atoms with Crippen LogP contribution in [0.1, 0.15) is 41.5 Å². The second kappa shape index (κ2) is 4.69. The van der Waals surface area contributed by atoms with Crippen molar-refractivity contribution < 1.29 is 0 Å². The van der Waals surface area contributed by atoms with Crippen molar-refractivity contribution in [3.63, 3.8) is 0 Å². The molecule has 13 heavy (non-hydrogen) atoms. The van der Waals surface area contributed by atoms with Crippen molar-refractivity contribution >= 4 is 36.3 Å². The molecule has 0 amide bonds. The molecule has 76 valence electrons. The van der Waals surface area contributed by atoms with Gasteiger partial charge in [0.05, 0.1) is 19.0 Å². The Balaban J connectivity index is 4.33. The molecule has 3 heteroatoms. The fourth-order valence-corrected chi connectivity index (χ4v) is 9.55. The van der Waals surface area contributed by atoms with Gasteiger partial charge in [-0.15, -0.1) is 0 Å². The molecule has 0 fully saturated rings. The number of hydrogen-bond acceptors (Lipinski definition) is 1. The van der Waals surface area contributed by atoms with Crippen LogP contribution in [0.5, 0.6) is 0 Å². The molecule has 0 aromatic heterocycles. The van der Waals surface area contributed by atoms with E-state index in [0.29, 0.717) is 10.1 Å². The number of hydrogen-bond donors (Lipinski definition) is 0. The summed E-state index contributed by atoms with van der Waals surface area (Å²) in [5, 5.41) is 4.04. The van der Waals surface area contributed by atoms with Crippen LogP contribution < -0.4 is 0 Å². The first-order valence-corrected chi connectivity index (χ1v) is 8.11. The molecule has 0 nitrogen and oxygen atoms in total. The maximum absolute atomic E-state index is 4.99. The monoisotopic (exact) mass is 230 g/mol. The Hall–Kier alpha value is 0.304. The lowest BCUT2D eigenvalue weighted by atomic mass is 10.2. The van der Waals surface area contributed by atoms with Gasteiger partial charge in [0.25, 0.3) is 0 Å². The molecule has 0 aliphatic heterocycles. The lowest BCUT2D eigenvalue weighted by molar-refractivity contribution is 0.750. The molecule has 0 aliphatic carbocycles. The molecule has 0 radical (unpaired) electrons. The predicted molar refractivity (Wildman–Crippen MR) is 72.6 cm³/mol. The van der Waals surface area contributed by atoms with Gasteiger partial charge in [-0.2, -0.15) is 0 Å². The van der Waals surface area contributed by atoms with Crippen LogP contribution in [0, 0.1) is 0 Å². The summed E-state index contributed by atoms with van der Waals surface area (Å²) >= 11 is 4.99. The quantitative estimate of drug-likeness (QED) is 0.518. The molecule has 0 bridgehead atoms. The average molecular weight is 231 g/mol. The highest BCUT2D eigenvalue weighted by molar-refractivity contribution is 7.78. The summed E-state index contributed by atoms with van der Waals surface area (Å²) in [7, 11) is -0.306. The zero-order chi connectivity index (χ0) is 10.7. The van der Waals surface area contributed by atoms with Crippen LogP contribution in [-0.4, -0.2) is 24.1 Å². The molecule has 0 unspecified atom stereocenters. The number of thiocarbonyl (C=S) groups is 1. The summed E-state index contributed by atoms with van der Waals surface area (Å²) in [4.78, 5) is 1.56. The van der Waals surface area contributed by atoms with Crippen LogP contribution in [0.4, 0.5) is 0 Å². The normalized spacial score (nSPS) is 14.3. The number of rotatable bonds is 2. The smallest absolute Gasteiger partial charge is 0.0600 e. The van der Waals surface area contributed by atoms with Crippen molar-refractivity contribution in [1.29, 1.82) is 0 Å². The summed E-state index contributed by atoms with van der Waals surface area (Å²) in [5.74, 6) is 0. The van der Waals surface area contributed by atoms with Crippen LogP contribution >= 0.6 is 12.2 Å². The summed E-state index contributed by atoms with van der Waals surface area (Å²) in [6.45, 7) is 13.9. The Bertz CT molecular complexity index is 196. The van der Waals surface area contributed by atoms with Crippen molar-refractivity contribution in [3.8, 4) is 0 Å². The van der Waals surface area contributed by atoms with Gasteiger partial charge in [0, 0.05) is 0 Å².